The Hall–Kier alpha value is -3.38. The summed E-state index contributed by atoms with van der Waals surface area (Å²) in [5, 5.41) is 11.6. The molecule has 1 aromatic heterocycles. The van der Waals surface area contributed by atoms with Gasteiger partial charge in [-0.1, -0.05) is 48.0 Å². The molecule has 3 aromatic carbocycles. The van der Waals surface area contributed by atoms with E-state index in [1.165, 1.54) is 18.2 Å². The van der Waals surface area contributed by atoms with Gasteiger partial charge in [-0.3, -0.25) is 9.59 Å². The zero-order chi connectivity index (χ0) is 22.1. The van der Waals surface area contributed by atoms with Crippen molar-refractivity contribution in [1.29, 1.82) is 0 Å². The third-order valence-corrected chi connectivity index (χ3v) is 5.78. The molecular weight excluding hydrogens is 419 g/mol. The molecular formula is C24H20ClFN2O3. The first-order valence-corrected chi connectivity index (χ1v) is 10.1. The number of aliphatic carboxylic acids is 1. The van der Waals surface area contributed by atoms with Gasteiger partial charge in [-0.25, -0.2) is 4.39 Å². The molecule has 4 rings (SSSR count). The first kappa shape index (κ1) is 20.9. The van der Waals surface area contributed by atoms with Crippen LogP contribution in [0.25, 0.3) is 21.8 Å². The predicted molar refractivity (Wildman–Crippen MR) is 119 cm³/mol. The Labute approximate surface area is 183 Å². The van der Waals surface area contributed by atoms with Crippen molar-refractivity contribution in [1.82, 2.24) is 9.47 Å². The normalized spacial score (nSPS) is 11.2. The zero-order valence-electron chi connectivity index (χ0n) is 16.8. The molecule has 0 saturated heterocycles. The van der Waals surface area contributed by atoms with Crippen molar-refractivity contribution in [3.63, 3.8) is 0 Å². The first-order valence-electron chi connectivity index (χ1n) is 9.73. The van der Waals surface area contributed by atoms with E-state index >= 15 is 0 Å². The third-order valence-electron chi connectivity index (χ3n) is 5.42. The molecule has 0 aliphatic heterocycles. The van der Waals surface area contributed by atoms with Crippen LogP contribution in [0.3, 0.4) is 0 Å². The zero-order valence-corrected chi connectivity index (χ0v) is 17.6. The summed E-state index contributed by atoms with van der Waals surface area (Å²) >= 11 is 6.07. The van der Waals surface area contributed by atoms with Crippen molar-refractivity contribution < 1.29 is 19.1 Å². The van der Waals surface area contributed by atoms with Crippen LogP contribution < -0.4 is 0 Å². The molecule has 4 aromatic rings. The lowest BCUT2D eigenvalue weighted by atomic mass is 10.1. The summed E-state index contributed by atoms with van der Waals surface area (Å²) in [6.07, 6.45) is -0.00316. The Morgan fingerprint density at radius 2 is 1.77 bits per heavy atom. The van der Waals surface area contributed by atoms with Crippen LogP contribution in [-0.2, 0) is 29.6 Å². The number of carbonyl (C=O) groups excluding carboxylic acids is 1. The van der Waals surface area contributed by atoms with E-state index in [1.807, 2.05) is 43.4 Å². The first-order chi connectivity index (χ1) is 14.8. The van der Waals surface area contributed by atoms with Crippen LogP contribution in [0, 0.1) is 5.82 Å². The Kier molecular flexibility index (Phi) is 5.65. The molecule has 0 saturated carbocycles. The summed E-state index contributed by atoms with van der Waals surface area (Å²) in [5.41, 5.74) is 2.91. The van der Waals surface area contributed by atoms with E-state index in [2.05, 4.69) is 10.6 Å². The summed E-state index contributed by atoms with van der Waals surface area (Å²) in [4.78, 5) is 25.4. The molecule has 158 valence electrons. The van der Waals surface area contributed by atoms with Crippen molar-refractivity contribution in [2.75, 3.05) is 6.54 Å². The molecule has 0 bridgehead atoms. The Morgan fingerprint density at radius 1 is 1.03 bits per heavy atom. The highest BCUT2D eigenvalue weighted by molar-refractivity contribution is 6.31. The van der Waals surface area contributed by atoms with Gasteiger partial charge in [-0.2, -0.15) is 0 Å². The van der Waals surface area contributed by atoms with Gasteiger partial charge in [0, 0.05) is 39.4 Å². The van der Waals surface area contributed by atoms with Gasteiger partial charge >= 0.3 is 5.97 Å². The number of benzene rings is 3. The van der Waals surface area contributed by atoms with Crippen molar-refractivity contribution >= 4 is 45.3 Å². The molecule has 7 heteroatoms. The molecule has 1 amide bonds. The minimum atomic E-state index is -1.18. The Bertz CT molecular complexity index is 1290. The van der Waals surface area contributed by atoms with E-state index in [4.69, 9.17) is 11.6 Å². The largest absolute Gasteiger partial charge is 0.480 e. The summed E-state index contributed by atoms with van der Waals surface area (Å²) in [6, 6.07) is 18.0. The number of aryl methyl sites for hydroxylation is 1. The number of hydrogen-bond donors (Lipinski definition) is 1. The number of hydrogen-bond acceptors (Lipinski definition) is 2. The molecule has 0 atom stereocenters. The minimum Gasteiger partial charge on any atom is -0.480 e. The standard InChI is InChI=1S/C24H20ClFN2O3/c1-27-21-8-3-2-5-16(21)17-10-9-15(11-22(17)27)12-23(29)28(14-24(30)31)13-18-19(25)6-4-7-20(18)26/h2-11H,12-14H2,1H3,(H,30,31). The lowest BCUT2D eigenvalue weighted by Crippen LogP contribution is -2.36. The maximum Gasteiger partial charge on any atom is 0.323 e. The third kappa shape index (κ3) is 4.11. The number of halogens is 2. The molecule has 0 aliphatic rings. The fraction of sp³-hybridized carbons (Fsp3) is 0.167. The van der Waals surface area contributed by atoms with Gasteiger partial charge < -0.3 is 14.6 Å². The molecule has 5 nitrogen and oxygen atoms in total. The van der Waals surface area contributed by atoms with Gasteiger partial charge in [0.15, 0.2) is 0 Å². The minimum absolute atomic E-state index is 0.00316. The van der Waals surface area contributed by atoms with Gasteiger partial charge in [0.25, 0.3) is 0 Å². The number of fused-ring (bicyclic) bond motifs is 3. The molecule has 1 N–H and O–H groups in total. The number of carbonyl (C=O) groups is 2. The number of carboxylic acids is 1. The van der Waals surface area contributed by atoms with Crippen LogP contribution in [-0.4, -0.2) is 33.0 Å². The molecule has 0 radical (unpaired) electrons. The number of aromatic nitrogens is 1. The van der Waals surface area contributed by atoms with E-state index in [1.54, 1.807) is 0 Å². The fourth-order valence-electron chi connectivity index (χ4n) is 3.87. The van der Waals surface area contributed by atoms with E-state index in [-0.39, 0.29) is 23.6 Å². The van der Waals surface area contributed by atoms with Gasteiger partial charge in [-0.05, 0) is 29.8 Å². The van der Waals surface area contributed by atoms with Gasteiger partial charge in [0.05, 0.1) is 13.0 Å². The van der Waals surface area contributed by atoms with E-state index < -0.39 is 24.2 Å². The SMILES string of the molecule is Cn1c2ccccc2c2ccc(CC(=O)N(CC(=O)O)Cc3c(F)cccc3Cl)cc21. The maximum absolute atomic E-state index is 14.2. The lowest BCUT2D eigenvalue weighted by molar-refractivity contribution is -0.144. The second kappa shape index (κ2) is 8.40. The van der Waals surface area contributed by atoms with Crippen LogP contribution in [0.5, 0.6) is 0 Å². The topological polar surface area (TPSA) is 62.5 Å². The smallest absolute Gasteiger partial charge is 0.323 e. The van der Waals surface area contributed by atoms with Crippen LogP contribution in [0.4, 0.5) is 4.39 Å². The second-order valence-electron chi connectivity index (χ2n) is 7.45. The highest BCUT2D eigenvalue weighted by Crippen LogP contribution is 2.29. The van der Waals surface area contributed by atoms with E-state index in [0.29, 0.717) is 0 Å². The van der Waals surface area contributed by atoms with E-state index in [9.17, 15) is 19.1 Å². The summed E-state index contributed by atoms with van der Waals surface area (Å²) < 4.78 is 16.2. The number of para-hydroxylation sites is 1. The monoisotopic (exact) mass is 438 g/mol. The quantitative estimate of drug-likeness (QED) is 0.471. The summed E-state index contributed by atoms with van der Waals surface area (Å²) in [5.74, 6) is -2.17. The molecule has 0 aliphatic carbocycles. The summed E-state index contributed by atoms with van der Waals surface area (Å²) in [6.45, 7) is -0.757. The molecule has 0 unspecified atom stereocenters. The average molecular weight is 439 g/mol. The van der Waals surface area contributed by atoms with Gasteiger partial charge in [0.1, 0.15) is 12.4 Å². The Balaban J connectivity index is 1.63. The number of carboxylic acid groups (broad SMARTS) is 1. The molecule has 31 heavy (non-hydrogen) atoms. The molecule has 0 fully saturated rings. The van der Waals surface area contributed by atoms with Crippen molar-refractivity contribution in [3.05, 3.63) is 82.6 Å². The van der Waals surface area contributed by atoms with E-state index in [0.717, 1.165) is 32.3 Å². The van der Waals surface area contributed by atoms with Crippen molar-refractivity contribution in [3.8, 4) is 0 Å². The van der Waals surface area contributed by atoms with Gasteiger partial charge in [-0.15, -0.1) is 0 Å². The van der Waals surface area contributed by atoms with Crippen molar-refractivity contribution in [2.45, 2.75) is 13.0 Å². The number of rotatable bonds is 6. The number of nitrogens with zero attached hydrogens (tertiary/aromatic N) is 2. The highest BCUT2D eigenvalue weighted by atomic mass is 35.5. The maximum atomic E-state index is 14.2. The summed E-state index contributed by atoms with van der Waals surface area (Å²) in [7, 11) is 1.97. The Morgan fingerprint density at radius 3 is 2.52 bits per heavy atom. The predicted octanol–water partition coefficient (Wildman–Crippen LogP) is 4.78. The average Bonchev–Trinajstić information content (AvgIpc) is 3.02. The van der Waals surface area contributed by atoms with Crippen molar-refractivity contribution in [2.24, 2.45) is 7.05 Å². The van der Waals surface area contributed by atoms with Crippen LogP contribution in [0.15, 0.2) is 60.7 Å². The van der Waals surface area contributed by atoms with Crippen LogP contribution in [0.1, 0.15) is 11.1 Å². The molecule has 0 spiro atoms. The second-order valence-corrected chi connectivity index (χ2v) is 7.86. The fourth-order valence-corrected chi connectivity index (χ4v) is 4.10. The van der Waals surface area contributed by atoms with Crippen LogP contribution in [0.2, 0.25) is 5.02 Å². The van der Waals surface area contributed by atoms with Gasteiger partial charge in [0.2, 0.25) is 5.91 Å². The lowest BCUT2D eigenvalue weighted by Gasteiger charge is -2.22. The number of amides is 1. The highest BCUT2D eigenvalue weighted by Gasteiger charge is 2.21. The van der Waals surface area contributed by atoms with Crippen LogP contribution >= 0.6 is 11.6 Å². The molecule has 1 heterocycles.